The number of ketones is 1. The maximum atomic E-state index is 12.6. The molecule has 2 heterocycles. The monoisotopic (exact) mass is 329 g/mol. The first kappa shape index (κ1) is 14.2. The number of Topliss-reactive ketones (excluding diaryl/α,β-unsaturated/α-hetero) is 1. The first-order chi connectivity index (χ1) is 8.56. The van der Waals surface area contributed by atoms with Gasteiger partial charge in [-0.15, -0.1) is 11.3 Å². The molecule has 1 aromatic heterocycles. The summed E-state index contributed by atoms with van der Waals surface area (Å²) in [7, 11) is 0. The molecule has 2 rings (SSSR count). The van der Waals surface area contributed by atoms with Crippen molar-refractivity contribution in [3.63, 3.8) is 0 Å². The Morgan fingerprint density at radius 1 is 1.44 bits per heavy atom. The van der Waals surface area contributed by atoms with E-state index in [0.717, 1.165) is 28.2 Å². The van der Waals surface area contributed by atoms with E-state index in [-0.39, 0.29) is 5.54 Å². The Bertz CT molecular complexity index is 425. The van der Waals surface area contributed by atoms with Gasteiger partial charge in [-0.25, -0.2) is 0 Å². The molecular weight excluding hydrogens is 310 g/mol. The van der Waals surface area contributed by atoms with E-state index >= 15 is 0 Å². The molecule has 1 saturated heterocycles. The zero-order valence-electron chi connectivity index (χ0n) is 11.0. The molecule has 1 unspecified atom stereocenters. The molecule has 2 nitrogen and oxygen atoms in total. The summed E-state index contributed by atoms with van der Waals surface area (Å²) in [6.45, 7) is 6.39. The first-order valence-electron chi connectivity index (χ1n) is 6.59. The van der Waals surface area contributed by atoms with Crippen LogP contribution in [0, 0.1) is 0 Å². The lowest BCUT2D eigenvalue weighted by Gasteiger charge is -2.36. The van der Waals surface area contributed by atoms with Crippen molar-refractivity contribution in [1.29, 1.82) is 0 Å². The number of carbonyl (C=O) groups is 1. The molecule has 0 bridgehead atoms. The molecule has 1 atom stereocenters. The summed E-state index contributed by atoms with van der Waals surface area (Å²) in [4.78, 5) is 16.1. The number of likely N-dealkylation sites (tertiary alicyclic amines) is 1. The van der Waals surface area contributed by atoms with Crippen LogP contribution in [0.15, 0.2) is 15.9 Å². The zero-order valence-corrected chi connectivity index (χ0v) is 13.4. The largest absolute Gasteiger partial charge is 0.297 e. The van der Waals surface area contributed by atoms with Gasteiger partial charge in [-0.3, -0.25) is 9.69 Å². The second kappa shape index (κ2) is 5.85. The van der Waals surface area contributed by atoms with Crippen LogP contribution in [0.4, 0.5) is 0 Å². The highest BCUT2D eigenvalue weighted by molar-refractivity contribution is 9.11. The van der Waals surface area contributed by atoms with Gasteiger partial charge in [0.15, 0.2) is 5.78 Å². The van der Waals surface area contributed by atoms with E-state index in [2.05, 4.69) is 34.7 Å². The van der Waals surface area contributed by atoms with E-state index in [0.29, 0.717) is 12.2 Å². The smallest absolute Gasteiger partial charge is 0.157 e. The second-order valence-corrected chi connectivity index (χ2v) is 7.67. The highest BCUT2D eigenvalue weighted by Gasteiger charge is 2.38. The lowest BCUT2D eigenvalue weighted by molar-refractivity contribution is -0.129. The summed E-state index contributed by atoms with van der Waals surface area (Å²) in [5.74, 6) is 0.362. The first-order valence-corrected chi connectivity index (χ1v) is 8.20. The fourth-order valence-electron chi connectivity index (χ4n) is 2.60. The Balaban J connectivity index is 2.09. The van der Waals surface area contributed by atoms with Crippen molar-refractivity contribution in [2.45, 2.75) is 45.1 Å². The molecule has 0 saturated carbocycles. The van der Waals surface area contributed by atoms with Gasteiger partial charge in [0.25, 0.3) is 0 Å². The Kier molecular flexibility index (Phi) is 4.62. The molecule has 0 aromatic carbocycles. The van der Waals surface area contributed by atoms with E-state index in [1.54, 1.807) is 11.3 Å². The lowest BCUT2D eigenvalue weighted by atomic mass is 9.89. The molecule has 4 heteroatoms. The van der Waals surface area contributed by atoms with Gasteiger partial charge in [0, 0.05) is 11.3 Å². The minimum atomic E-state index is -0.271. The van der Waals surface area contributed by atoms with Crippen LogP contribution >= 0.6 is 27.3 Å². The van der Waals surface area contributed by atoms with Crippen molar-refractivity contribution in [1.82, 2.24) is 4.90 Å². The topological polar surface area (TPSA) is 20.3 Å². The number of carbonyl (C=O) groups excluding carboxylic acids is 1. The van der Waals surface area contributed by atoms with Crippen LogP contribution in [0.25, 0.3) is 0 Å². The minimum Gasteiger partial charge on any atom is -0.297 e. The average molecular weight is 330 g/mol. The van der Waals surface area contributed by atoms with E-state index in [1.165, 1.54) is 12.8 Å². The predicted molar refractivity (Wildman–Crippen MR) is 80.2 cm³/mol. The standard InChI is InChI=1S/C14H20BrNOS/c1-3-14(2,16-8-4-5-9-16)12(17)10-11-6-7-13(15)18-11/h6-7H,3-5,8-10H2,1-2H3. The van der Waals surface area contributed by atoms with Crippen molar-refractivity contribution in [2.24, 2.45) is 0 Å². The summed E-state index contributed by atoms with van der Waals surface area (Å²) in [5, 5.41) is 0. The Hall–Kier alpha value is -0.190. The highest BCUT2D eigenvalue weighted by Crippen LogP contribution is 2.29. The molecule has 0 aliphatic carbocycles. The van der Waals surface area contributed by atoms with Crippen LogP contribution in [0.2, 0.25) is 0 Å². The molecule has 1 fully saturated rings. The van der Waals surface area contributed by atoms with Crippen LogP contribution in [0.3, 0.4) is 0 Å². The quantitative estimate of drug-likeness (QED) is 0.816. The molecule has 0 radical (unpaired) electrons. The third kappa shape index (κ3) is 2.86. The molecule has 1 aliphatic rings. The number of nitrogens with zero attached hydrogens (tertiary/aromatic N) is 1. The fourth-order valence-corrected chi connectivity index (χ4v) is 4.09. The summed E-state index contributed by atoms with van der Waals surface area (Å²) in [6, 6.07) is 4.07. The average Bonchev–Trinajstić information content (AvgIpc) is 2.99. The van der Waals surface area contributed by atoms with Crippen LogP contribution in [-0.4, -0.2) is 29.3 Å². The van der Waals surface area contributed by atoms with E-state index in [4.69, 9.17) is 0 Å². The molecule has 1 aliphatic heterocycles. The van der Waals surface area contributed by atoms with Gasteiger partial charge in [0.2, 0.25) is 0 Å². The summed E-state index contributed by atoms with van der Waals surface area (Å²) < 4.78 is 1.10. The summed E-state index contributed by atoms with van der Waals surface area (Å²) >= 11 is 5.12. The van der Waals surface area contributed by atoms with Crippen molar-refractivity contribution >= 4 is 33.0 Å². The fraction of sp³-hybridized carbons (Fsp3) is 0.643. The molecule has 0 amide bonds. The third-order valence-electron chi connectivity index (χ3n) is 4.06. The molecule has 18 heavy (non-hydrogen) atoms. The summed E-state index contributed by atoms with van der Waals surface area (Å²) in [5.41, 5.74) is -0.271. The molecule has 0 spiro atoms. The van der Waals surface area contributed by atoms with Gasteiger partial charge in [-0.2, -0.15) is 0 Å². The molecule has 1 aromatic rings. The maximum absolute atomic E-state index is 12.6. The third-order valence-corrected chi connectivity index (χ3v) is 5.68. The number of halogens is 1. The van der Waals surface area contributed by atoms with Crippen molar-refractivity contribution in [2.75, 3.05) is 13.1 Å². The second-order valence-electron chi connectivity index (χ2n) is 5.13. The maximum Gasteiger partial charge on any atom is 0.157 e. The Morgan fingerprint density at radius 2 is 2.11 bits per heavy atom. The van der Waals surface area contributed by atoms with Crippen LogP contribution < -0.4 is 0 Å². The normalized spacial score (nSPS) is 19.9. The Morgan fingerprint density at radius 3 is 2.61 bits per heavy atom. The minimum absolute atomic E-state index is 0.271. The summed E-state index contributed by atoms with van der Waals surface area (Å²) in [6.07, 6.45) is 3.93. The zero-order chi connectivity index (χ0) is 13.2. The predicted octanol–water partition coefficient (Wildman–Crippen LogP) is 3.89. The van der Waals surface area contributed by atoms with Gasteiger partial charge in [-0.1, -0.05) is 6.92 Å². The van der Waals surface area contributed by atoms with E-state index in [9.17, 15) is 4.79 Å². The van der Waals surface area contributed by atoms with Crippen LogP contribution in [-0.2, 0) is 11.2 Å². The van der Waals surface area contributed by atoms with Crippen molar-refractivity contribution in [3.05, 3.63) is 20.8 Å². The van der Waals surface area contributed by atoms with E-state index in [1.807, 2.05) is 12.1 Å². The van der Waals surface area contributed by atoms with Crippen LogP contribution in [0.5, 0.6) is 0 Å². The number of hydrogen-bond acceptors (Lipinski definition) is 3. The number of rotatable bonds is 5. The van der Waals surface area contributed by atoms with Crippen LogP contribution in [0.1, 0.15) is 38.0 Å². The molecule has 0 N–H and O–H groups in total. The highest BCUT2D eigenvalue weighted by atomic mass is 79.9. The number of hydrogen-bond donors (Lipinski definition) is 0. The Labute approximate surface area is 122 Å². The molecular formula is C14H20BrNOS. The van der Waals surface area contributed by atoms with Gasteiger partial charge in [0.05, 0.1) is 9.33 Å². The van der Waals surface area contributed by atoms with Gasteiger partial charge in [0.1, 0.15) is 0 Å². The van der Waals surface area contributed by atoms with E-state index < -0.39 is 0 Å². The van der Waals surface area contributed by atoms with Gasteiger partial charge < -0.3 is 0 Å². The van der Waals surface area contributed by atoms with Crippen molar-refractivity contribution < 1.29 is 4.79 Å². The molecule has 100 valence electrons. The van der Waals surface area contributed by atoms with Gasteiger partial charge in [-0.05, 0) is 67.3 Å². The number of thiophene rings is 1. The van der Waals surface area contributed by atoms with Gasteiger partial charge >= 0.3 is 0 Å². The van der Waals surface area contributed by atoms with Crippen molar-refractivity contribution in [3.8, 4) is 0 Å². The SMILES string of the molecule is CCC(C)(C(=O)Cc1ccc(Br)s1)N1CCCC1. The lowest BCUT2D eigenvalue weighted by Crippen LogP contribution is -2.51.